The van der Waals surface area contributed by atoms with E-state index in [1.54, 1.807) is 0 Å². The number of rotatable bonds is 3. The molecule has 64 valence electrons. The summed E-state index contributed by atoms with van der Waals surface area (Å²) in [5, 5.41) is 0. The van der Waals surface area contributed by atoms with E-state index in [1.807, 2.05) is 0 Å². The van der Waals surface area contributed by atoms with Crippen molar-refractivity contribution >= 4 is 0 Å². The van der Waals surface area contributed by atoms with E-state index in [2.05, 4.69) is 4.90 Å². The van der Waals surface area contributed by atoms with E-state index in [9.17, 15) is 0 Å². The van der Waals surface area contributed by atoms with Gasteiger partial charge in [0.25, 0.3) is 0 Å². The summed E-state index contributed by atoms with van der Waals surface area (Å²) in [6.07, 6.45) is 5.54. The molecule has 2 aliphatic rings. The van der Waals surface area contributed by atoms with Gasteiger partial charge in [0.1, 0.15) is 0 Å². The van der Waals surface area contributed by atoms with Crippen LogP contribution in [0.15, 0.2) is 0 Å². The second-order valence-corrected chi connectivity index (χ2v) is 4.01. The Labute approximate surface area is 68.7 Å². The lowest BCUT2D eigenvalue weighted by Crippen LogP contribution is -2.37. The maximum atomic E-state index is 6.02. The molecule has 2 rings (SSSR count). The molecular formula is C9H18N2. The molecule has 0 bridgehead atoms. The lowest BCUT2D eigenvalue weighted by Gasteiger charge is -2.19. The van der Waals surface area contributed by atoms with Gasteiger partial charge in [0.2, 0.25) is 0 Å². The average molecular weight is 154 g/mol. The van der Waals surface area contributed by atoms with Gasteiger partial charge in [0.15, 0.2) is 0 Å². The zero-order chi connectivity index (χ0) is 7.68. The first-order chi connectivity index (χ1) is 5.36. The minimum Gasteiger partial charge on any atom is -0.326 e. The van der Waals surface area contributed by atoms with Crippen molar-refractivity contribution in [2.24, 2.45) is 11.7 Å². The smallest absolute Gasteiger partial charge is 0.0196 e. The highest BCUT2D eigenvalue weighted by Gasteiger charge is 2.29. The standard InChI is InChI=1S/C9H18N2/c10-9(8-3-4-8)7-11-5-1-2-6-11/h8-9H,1-7,10H2/t9-/m1/s1. The maximum Gasteiger partial charge on any atom is 0.0196 e. The van der Waals surface area contributed by atoms with Gasteiger partial charge in [-0.2, -0.15) is 0 Å². The normalized spacial score (nSPS) is 29.2. The molecule has 1 aliphatic heterocycles. The predicted octanol–water partition coefficient (Wildman–Crippen LogP) is 0.819. The van der Waals surface area contributed by atoms with Gasteiger partial charge in [-0.1, -0.05) is 0 Å². The number of nitrogens with zero attached hydrogens (tertiary/aromatic N) is 1. The minimum atomic E-state index is 0.480. The number of hydrogen-bond donors (Lipinski definition) is 1. The van der Waals surface area contributed by atoms with E-state index < -0.39 is 0 Å². The van der Waals surface area contributed by atoms with Crippen LogP contribution in [-0.4, -0.2) is 30.6 Å². The quantitative estimate of drug-likeness (QED) is 0.652. The van der Waals surface area contributed by atoms with E-state index in [-0.39, 0.29) is 0 Å². The van der Waals surface area contributed by atoms with Crippen LogP contribution in [0.2, 0.25) is 0 Å². The molecule has 2 nitrogen and oxygen atoms in total. The molecule has 0 unspecified atom stereocenters. The van der Waals surface area contributed by atoms with Crippen LogP contribution in [0.4, 0.5) is 0 Å². The lowest BCUT2D eigenvalue weighted by molar-refractivity contribution is 0.302. The molecule has 1 aliphatic carbocycles. The van der Waals surface area contributed by atoms with Gasteiger partial charge in [-0.3, -0.25) is 0 Å². The van der Waals surface area contributed by atoms with Gasteiger partial charge >= 0.3 is 0 Å². The Balaban J connectivity index is 1.70. The molecule has 0 spiro atoms. The molecule has 0 aromatic heterocycles. The Bertz CT molecular complexity index is 126. The Kier molecular flexibility index (Phi) is 2.14. The van der Waals surface area contributed by atoms with E-state index >= 15 is 0 Å². The Morgan fingerprint density at radius 1 is 1.27 bits per heavy atom. The SMILES string of the molecule is N[C@H](CN1CCCC1)C1CC1. The van der Waals surface area contributed by atoms with Crippen molar-refractivity contribution < 1.29 is 0 Å². The molecule has 0 aromatic carbocycles. The largest absolute Gasteiger partial charge is 0.326 e. The maximum absolute atomic E-state index is 6.02. The predicted molar refractivity (Wildman–Crippen MR) is 46.4 cm³/mol. The van der Waals surface area contributed by atoms with Crippen LogP contribution in [0, 0.1) is 5.92 Å². The molecule has 1 atom stereocenters. The fourth-order valence-electron chi connectivity index (χ4n) is 1.94. The van der Waals surface area contributed by atoms with Crippen LogP contribution in [0.3, 0.4) is 0 Å². The van der Waals surface area contributed by atoms with Crippen LogP contribution in [-0.2, 0) is 0 Å². The van der Waals surface area contributed by atoms with Crippen molar-refractivity contribution in [2.45, 2.75) is 31.7 Å². The van der Waals surface area contributed by atoms with Crippen LogP contribution in [0.5, 0.6) is 0 Å². The van der Waals surface area contributed by atoms with Crippen LogP contribution >= 0.6 is 0 Å². The zero-order valence-electron chi connectivity index (χ0n) is 7.13. The Morgan fingerprint density at radius 2 is 1.91 bits per heavy atom. The number of likely N-dealkylation sites (tertiary alicyclic amines) is 1. The highest BCUT2D eigenvalue weighted by molar-refractivity contribution is 4.86. The molecule has 2 fully saturated rings. The molecule has 0 aromatic rings. The second-order valence-electron chi connectivity index (χ2n) is 4.01. The van der Waals surface area contributed by atoms with Crippen molar-refractivity contribution in [1.82, 2.24) is 4.90 Å². The summed E-state index contributed by atoms with van der Waals surface area (Å²) in [6.45, 7) is 3.74. The Hall–Kier alpha value is -0.0800. The molecule has 1 saturated heterocycles. The van der Waals surface area contributed by atoms with Crippen molar-refractivity contribution in [3.8, 4) is 0 Å². The van der Waals surface area contributed by atoms with Crippen molar-refractivity contribution in [1.29, 1.82) is 0 Å². The zero-order valence-corrected chi connectivity index (χ0v) is 7.13. The topological polar surface area (TPSA) is 29.3 Å². The molecule has 0 radical (unpaired) electrons. The number of hydrogen-bond acceptors (Lipinski definition) is 2. The summed E-state index contributed by atoms with van der Waals surface area (Å²) in [5.41, 5.74) is 6.02. The first-order valence-corrected chi connectivity index (χ1v) is 4.84. The third kappa shape index (κ3) is 1.94. The molecule has 0 amide bonds. The van der Waals surface area contributed by atoms with Crippen LogP contribution < -0.4 is 5.73 Å². The number of nitrogens with two attached hydrogens (primary N) is 1. The van der Waals surface area contributed by atoms with Crippen LogP contribution in [0.25, 0.3) is 0 Å². The second kappa shape index (κ2) is 3.11. The van der Waals surface area contributed by atoms with Gasteiger partial charge in [-0.15, -0.1) is 0 Å². The molecule has 2 N–H and O–H groups in total. The fraction of sp³-hybridized carbons (Fsp3) is 1.00. The third-order valence-corrected chi connectivity index (χ3v) is 2.90. The summed E-state index contributed by atoms with van der Waals surface area (Å²) in [5.74, 6) is 0.871. The minimum absolute atomic E-state index is 0.480. The lowest BCUT2D eigenvalue weighted by atomic mass is 10.2. The van der Waals surface area contributed by atoms with Gasteiger partial charge in [0.05, 0.1) is 0 Å². The third-order valence-electron chi connectivity index (χ3n) is 2.90. The van der Waals surface area contributed by atoms with E-state index in [1.165, 1.54) is 38.8 Å². The molecule has 11 heavy (non-hydrogen) atoms. The van der Waals surface area contributed by atoms with E-state index in [4.69, 9.17) is 5.73 Å². The highest BCUT2D eigenvalue weighted by atomic mass is 15.1. The Morgan fingerprint density at radius 3 is 2.45 bits per heavy atom. The summed E-state index contributed by atoms with van der Waals surface area (Å²) < 4.78 is 0. The first kappa shape index (κ1) is 7.56. The van der Waals surface area contributed by atoms with Gasteiger partial charge < -0.3 is 10.6 Å². The van der Waals surface area contributed by atoms with E-state index in [0.717, 1.165) is 12.5 Å². The van der Waals surface area contributed by atoms with E-state index in [0.29, 0.717) is 6.04 Å². The molecular weight excluding hydrogens is 136 g/mol. The molecule has 1 saturated carbocycles. The fourth-order valence-corrected chi connectivity index (χ4v) is 1.94. The summed E-state index contributed by atoms with van der Waals surface area (Å²) in [4.78, 5) is 2.52. The van der Waals surface area contributed by atoms with Crippen LogP contribution in [0.1, 0.15) is 25.7 Å². The average Bonchev–Trinajstić information content (AvgIpc) is 2.73. The summed E-state index contributed by atoms with van der Waals surface area (Å²) in [6, 6.07) is 0.480. The highest BCUT2D eigenvalue weighted by Crippen LogP contribution is 2.32. The van der Waals surface area contributed by atoms with Crippen molar-refractivity contribution in [2.75, 3.05) is 19.6 Å². The van der Waals surface area contributed by atoms with Crippen molar-refractivity contribution in [3.63, 3.8) is 0 Å². The van der Waals surface area contributed by atoms with Gasteiger partial charge in [-0.25, -0.2) is 0 Å². The molecule has 1 heterocycles. The van der Waals surface area contributed by atoms with Gasteiger partial charge in [0, 0.05) is 12.6 Å². The first-order valence-electron chi connectivity index (χ1n) is 4.84. The van der Waals surface area contributed by atoms with Crippen molar-refractivity contribution in [3.05, 3.63) is 0 Å². The molecule has 2 heteroatoms. The summed E-state index contributed by atoms with van der Waals surface area (Å²) >= 11 is 0. The van der Waals surface area contributed by atoms with Gasteiger partial charge in [-0.05, 0) is 44.7 Å². The summed E-state index contributed by atoms with van der Waals surface area (Å²) in [7, 11) is 0. The monoisotopic (exact) mass is 154 g/mol.